The summed E-state index contributed by atoms with van der Waals surface area (Å²) in [4.78, 5) is 4.61. The van der Waals surface area contributed by atoms with Gasteiger partial charge in [0.25, 0.3) is 0 Å². The van der Waals surface area contributed by atoms with Gasteiger partial charge < -0.3 is 0 Å². The van der Waals surface area contributed by atoms with Crippen LogP contribution in [0.3, 0.4) is 0 Å². The number of aryl methyl sites for hydroxylation is 1. The molecule has 1 aliphatic rings. The molecule has 0 saturated heterocycles. The van der Waals surface area contributed by atoms with E-state index in [-0.39, 0.29) is 5.41 Å². The first-order valence-corrected chi connectivity index (χ1v) is 10.9. The van der Waals surface area contributed by atoms with Crippen LogP contribution >= 0.6 is 0 Å². The molecule has 0 bridgehead atoms. The maximum atomic E-state index is 4.61. The molecule has 28 heavy (non-hydrogen) atoms. The van der Waals surface area contributed by atoms with Gasteiger partial charge in [-0.2, -0.15) is 0 Å². The van der Waals surface area contributed by atoms with Gasteiger partial charge >= 0.3 is 0 Å². The number of aromatic nitrogens is 1. The maximum Gasteiger partial charge on any atom is 0.0698 e. The zero-order valence-electron chi connectivity index (χ0n) is 19.1. The molecule has 1 unspecified atom stereocenters. The van der Waals surface area contributed by atoms with Crippen molar-refractivity contribution >= 4 is 5.57 Å². The summed E-state index contributed by atoms with van der Waals surface area (Å²) in [6.07, 6.45) is 19.3. The van der Waals surface area contributed by atoms with E-state index < -0.39 is 0 Å². The van der Waals surface area contributed by atoms with Crippen LogP contribution in [0.1, 0.15) is 84.9 Å². The molecule has 1 heterocycles. The van der Waals surface area contributed by atoms with E-state index >= 15 is 0 Å². The highest BCUT2D eigenvalue weighted by atomic mass is 14.7. The molecule has 0 fully saturated rings. The number of allylic oxidation sites excluding steroid dienone is 8. The normalized spacial score (nSPS) is 21.0. The number of nitrogens with zero attached hydrogens (tertiary/aromatic N) is 1. The van der Waals surface area contributed by atoms with Gasteiger partial charge in [0.1, 0.15) is 0 Å². The molecule has 0 spiro atoms. The lowest BCUT2D eigenvalue weighted by Gasteiger charge is -2.41. The topological polar surface area (TPSA) is 12.9 Å². The number of rotatable bonds is 8. The van der Waals surface area contributed by atoms with Crippen molar-refractivity contribution in [2.24, 2.45) is 10.8 Å². The lowest BCUT2D eigenvalue weighted by molar-refractivity contribution is 0.347. The van der Waals surface area contributed by atoms with E-state index in [1.807, 2.05) is 6.20 Å². The van der Waals surface area contributed by atoms with Crippen molar-refractivity contribution in [2.45, 2.75) is 80.6 Å². The Morgan fingerprint density at radius 3 is 2.36 bits per heavy atom. The van der Waals surface area contributed by atoms with Crippen LogP contribution in [0.2, 0.25) is 0 Å². The summed E-state index contributed by atoms with van der Waals surface area (Å²) in [5.74, 6) is 0. The van der Waals surface area contributed by atoms with Gasteiger partial charge in [-0.15, -0.1) is 0 Å². The Kier molecular flexibility index (Phi) is 7.63. The van der Waals surface area contributed by atoms with Gasteiger partial charge in [-0.05, 0) is 78.2 Å². The van der Waals surface area contributed by atoms with Crippen LogP contribution in [0.15, 0.2) is 59.9 Å². The SMILES string of the molecule is CC/C=C(/CC(C)(C)C)C1=CCC1(C)C/C=C\C(=C/CC)c1ccc(C)cn1. The number of hydrogen-bond acceptors (Lipinski definition) is 1. The Hall–Kier alpha value is -1.89. The van der Waals surface area contributed by atoms with Crippen LogP contribution in [0.4, 0.5) is 0 Å². The fraction of sp³-hybridized carbons (Fsp3) is 0.519. The summed E-state index contributed by atoms with van der Waals surface area (Å²) >= 11 is 0. The summed E-state index contributed by atoms with van der Waals surface area (Å²) < 4.78 is 0. The van der Waals surface area contributed by atoms with Gasteiger partial charge in [0.15, 0.2) is 0 Å². The van der Waals surface area contributed by atoms with E-state index in [0.29, 0.717) is 5.41 Å². The smallest absolute Gasteiger partial charge is 0.0698 e. The molecule has 0 N–H and O–H groups in total. The molecule has 0 aliphatic heterocycles. The zero-order chi connectivity index (χ0) is 20.8. The van der Waals surface area contributed by atoms with Crippen LogP contribution in [0.5, 0.6) is 0 Å². The minimum Gasteiger partial charge on any atom is -0.256 e. The minimum atomic E-state index is 0.265. The molecule has 0 saturated carbocycles. The lowest BCUT2D eigenvalue weighted by atomic mass is 9.63. The molecule has 2 rings (SSSR count). The summed E-state index contributed by atoms with van der Waals surface area (Å²) in [6.45, 7) is 15.9. The highest BCUT2D eigenvalue weighted by Gasteiger charge is 2.36. The third kappa shape index (κ3) is 6.06. The third-order valence-electron chi connectivity index (χ3n) is 5.42. The molecule has 0 aromatic carbocycles. The Morgan fingerprint density at radius 2 is 1.86 bits per heavy atom. The second-order valence-corrected chi connectivity index (χ2v) is 9.65. The average molecular weight is 378 g/mol. The summed E-state index contributed by atoms with van der Waals surface area (Å²) in [6, 6.07) is 4.27. The lowest BCUT2D eigenvalue weighted by Crippen LogP contribution is -2.28. The van der Waals surface area contributed by atoms with Gasteiger partial charge in [-0.3, -0.25) is 4.98 Å². The van der Waals surface area contributed by atoms with Gasteiger partial charge in [0.05, 0.1) is 5.69 Å². The van der Waals surface area contributed by atoms with Crippen LogP contribution in [0.25, 0.3) is 5.57 Å². The minimum absolute atomic E-state index is 0.265. The third-order valence-corrected chi connectivity index (χ3v) is 5.42. The Balaban J connectivity index is 2.13. The molecule has 0 radical (unpaired) electrons. The number of pyridine rings is 1. The van der Waals surface area contributed by atoms with Crippen molar-refractivity contribution in [3.05, 3.63) is 71.1 Å². The zero-order valence-corrected chi connectivity index (χ0v) is 19.1. The van der Waals surface area contributed by atoms with Crippen LogP contribution < -0.4 is 0 Å². The van der Waals surface area contributed by atoms with Gasteiger partial charge in [0, 0.05) is 6.20 Å². The fourth-order valence-corrected chi connectivity index (χ4v) is 3.92. The molecular formula is C27H39N. The van der Waals surface area contributed by atoms with Crippen molar-refractivity contribution < 1.29 is 0 Å². The van der Waals surface area contributed by atoms with E-state index in [4.69, 9.17) is 0 Å². The van der Waals surface area contributed by atoms with Gasteiger partial charge in [0.2, 0.25) is 0 Å². The largest absolute Gasteiger partial charge is 0.256 e. The van der Waals surface area contributed by atoms with Crippen molar-refractivity contribution in [3.63, 3.8) is 0 Å². The Morgan fingerprint density at radius 1 is 1.14 bits per heavy atom. The van der Waals surface area contributed by atoms with E-state index in [9.17, 15) is 0 Å². The highest BCUT2D eigenvalue weighted by molar-refractivity contribution is 5.71. The van der Waals surface area contributed by atoms with Crippen LogP contribution in [-0.2, 0) is 0 Å². The van der Waals surface area contributed by atoms with Crippen molar-refractivity contribution in [1.82, 2.24) is 4.98 Å². The van der Waals surface area contributed by atoms with Crippen LogP contribution in [-0.4, -0.2) is 4.98 Å². The Labute approximate surface area is 173 Å². The first kappa shape index (κ1) is 22.4. The van der Waals surface area contributed by atoms with Crippen LogP contribution in [0, 0.1) is 17.8 Å². The molecule has 1 heteroatoms. The first-order valence-electron chi connectivity index (χ1n) is 10.9. The maximum absolute atomic E-state index is 4.61. The summed E-state index contributed by atoms with van der Waals surface area (Å²) in [5.41, 5.74) is 7.22. The van der Waals surface area contributed by atoms with Crippen molar-refractivity contribution in [1.29, 1.82) is 0 Å². The van der Waals surface area contributed by atoms with E-state index in [1.165, 1.54) is 17.6 Å². The average Bonchev–Trinajstić information content (AvgIpc) is 2.59. The predicted octanol–water partition coefficient (Wildman–Crippen LogP) is 8.24. The number of hydrogen-bond donors (Lipinski definition) is 0. The predicted molar refractivity (Wildman–Crippen MR) is 124 cm³/mol. The second-order valence-electron chi connectivity index (χ2n) is 9.65. The van der Waals surface area contributed by atoms with E-state index in [2.05, 4.69) is 96.0 Å². The standard InChI is InChI=1S/C27H39N/c1-8-11-22(25-15-14-21(3)20-28-25)13-10-17-27(7)18-16-24(27)23(12-9-2)19-26(4,5)6/h10-16,20H,8-9,17-19H2,1-7H3/b13-10-,22-11+,23-12-. The van der Waals surface area contributed by atoms with Gasteiger partial charge in [-0.1, -0.05) is 78.0 Å². The summed E-state index contributed by atoms with van der Waals surface area (Å²) in [5, 5.41) is 0. The monoisotopic (exact) mass is 377 g/mol. The fourth-order valence-electron chi connectivity index (χ4n) is 3.92. The second kappa shape index (κ2) is 9.54. The molecule has 1 aliphatic carbocycles. The highest BCUT2D eigenvalue weighted by Crippen LogP contribution is 2.50. The molecule has 152 valence electrons. The molecule has 1 aromatic rings. The van der Waals surface area contributed by atoms with Crippen molar-refractivity contribution in [2.75, 3.05) is 0 Å². The summed E-state index contributed by atoms with van der Waals surface area (Å²) in [7, 11) is 0. The molecule has 0 amide bonds. The quantitative estimate of drug-likeness (QED) is 0.416. The van der Waals surface area contributed by atoms with Crippen molar-refractivity contribution in [3.8, 4) is 0 Å². The molecule has 1 atom stereocenters. The van der Waals surface area contributed by atoms with E-state index in [0.717, 1.165) is 31.4 Å². The molecule has 1 aromatic heterocycles. The molecular weight excluding hydrogens is 338 g/mol. The first-order chi connectivity index (χ1) is 13.2. The molecule has 1 nitrogen and oxygen atoms in total. The van der Waals surface area contributed by atoms with E-state index in [1.54, 1.807) is 11.1 Å². The Bertz CT molecular complexity index is 765. The van der Waals surface area contributed by atoms with Gasteiger partial charge in [-0.25, -0.2) is 0 Å².